The Morgan fingerprint density at radius 3 is 2.24 bits per heavy atom. The van der Waals surface area contributed by atoms with Gasteiger partial charge in [-0.3, -0.25) is 4.79 Å². The molecule has 0 amide bonds. The number of aliphatic hydroxyl groups is 3. The molecule has 1 heterocycles. The van der Waals surface area contributed by atoms with E-state index < -0.39 is 48.1 Å². The fraction of sp³-hybridized carbons (Fsp3) is 0.900. The van der Waals surface area contributed by atoms with Crippen molar-refractivity contribution in [3.05, 3.63) is 11.6 Å². The van der Waals surface area contributed by atoms with Crippen LogP contribution in [0.2, 0.25) is 0 Å². The summed E-state index contributed by atoms with van der Waals surface area (Å²) in [5.41, 5.74) is 0.594. The van der Waals surface area contributed by atoms with E-state index in [0.29, 0.717) is 18.3 Å². The highest BCUT2D eigenvalue weighted by atomic mass is 16.7. The number of aliphatic carboxylic acids is 1. The number of ether oxygens (including phenoxy) is 3. The van der Waals surface area contributed by atoms with Crippen LogP contribution in [0.3, 0.4) is 0 Å². The number of hydrogen-bond acceptors (Lipinski definition) is 8. The molecule has 49 heavy (non-hydrogen) atoms. The molecule has 0 bridgehead atoms. The first kappa shape index (κ1) is 37.2. The Kier molecular flexibility index (Phi) is 9.55. The molecule has 9 nitrogen and oxygen atoms in total. The molecule has 13 unspecified atom stereocenters. The molecule has 9 heteroatoms. The maximum Gasteiger partial charge on any atom is 0.338 e. The van der Waals surface area contributed by atoms with Gasteiger partial charge in [-0.15, -0.1) is 0 Å². The Labute approximate surface area is 293 Å². The van der Waals surface area contributed by atoms with E-state index in [0.717, 1.165) is 70.6 Å². The van der Waals surface area contributed by atoms with Gasteiger partial charge in [0.05, 0.1) is 18.1 Å². The summed E-state index contributed by atoms with van der Waals surface area (Å²) in [5.74, 6) is -0.539. The van der Waals surface area contributed by atoms with Crippen molar-refractivity contribution in [3.63, 3.8) is 0 Å². The minimum atomic E-state index is -1.62. The summed E-state index contributed by atoms with van der Waals surface area (Å²) in [5, 5.41) is 42.9. The van der Waals surface area contributed by atoms with Crippen molar-refractivity contribution < 1.29 is 44.2 Å². The van der Waals surface area contributed by atoms with Crippen molar-refractivity contribution in [3.8, 4) is 0 Å². The van der Waals surface area contributed by atoms with Gasteiger partial charge in [-0.1, -0.05) is 73.5 Å². The molecule has 0 aromatic carbocycles. The van der Waals surface area contributed by atoms with Crippen LogP contribution < -0.4 is 0 Å². The Morgan fingerprint density at radius 1 is 0.878 bits per heavy atom. The van der Waals surface area contributed by atoms with Crippen LogP contribution in [-0.4, -0.2) is 75.8 Å². The summed E-state index contributed by atoms with van der Waals surface area (Å²) in [7, 11) is 0. The zero-order valence-corrected chi connectivity index (χ0v) is 31.3. The molecular weight excluding hydrogens is 624 g/mol. The highest BCUT2D eigenvalue weighted by molar-refractivity contribution is 5.77. The zero-order valence-electron chi connectivity index (χ0n) is 31.3. The largest absolute Gasteiger partial charge is 0.481 e. The number of allylic oxidation sites excluding steroid dienone is 2. The highest BCUT2D eigenvalue weighted by Crippen LogP contribution is 2.76. The number of unbranched alkanes of at least 4 members (excludes halogenated alkanes) is 1. The second kappa shape index (κ2) is 12.6. The fourth-order valence-electron chi connectivity index (χ4n) is 12.6. The SMILES string of the molecule is CCCCOC(=O)C1OC(OC2CCC3(C)C(CCC4(C)C3CC=C3C5CC(C)(C)CCC5(C(=O)O)CCC34C)C2(C)C)C(O)C(O)C1O. The maximum atomic E-state index is 13.0. The van der Waals surface area contributed by atoms with Gasteiger partial charge < -0.3 is 34.6 Å². The molecule has 4 N–H and O–H groups in total. The van der Waals surface area contributed by atoms with E-state index in [9.17, 15) is 30.0 Å². The van der Waals surface area contributed by atoms with Gasteiger partial charge >= 0.3 is 11.9 Å². The van der Waals surface area contributed by atoms with Gasteiger partial charge in [0.2, 0.25) is 0 Å². The summed E-state index contributed by atoms with van der Waals surface area (Å²) in [6.45, 7) is 18.7. The number of carbonyl (C=O) groups is 2. The summed E-state index contributed by atoms with van der Waals surface area (Å²) in [4.78, 5) is 25.8. The van der Waals surface area contributed by atoms with Gasteiger partial charge in [0.15, 0.2) is 12.4 Å². The monoisotopic (exact) mass is 688 g/mol. The molecule has 6 rings (SSSR count). The second-order valence-corrected chi connectivity index (χ2v) is 19.1. The van der Waals surface area contributed by atoms with Crippen molar-refractivity contribution in [2.24, 2.45) is 50.2 Å². The van der Waals surface area contributed by atoms with Crippen LogP contribution in [0.15, 0.2) is 11.6 Å². The molecule has 4 saturated carbocycles. The summed E-state index contributed by atoms with van der Waals surface area (Å²) in [6.07, 6.45) is 5.27. The number of carboxylic acid groups (broad SMARTS) is 1. The number of fused-ring (bicyclic) bond motifs is 7. The van der Waals surface area contributed by atoms with Crippen molar-refractivity contribution >= 4 is 11.9 Å². The van der Waals surface area contributed by atoms with Gasteiger partial charge in [0.25, 0.3) is 0 Å². The average Bonchev–Trinajstić information content (AvgIpc) is 3.02. The van der Waals surface area contributed by atoms with Crippen LogP contribution >= 0.6 is 0 Å². The predicted octanol–water partition coefficient (Wildman–Crippen LogP) is 6.41. The predicted molar refractivity (Wildman–Crippen MR) is 184 cm³/mol. The van der Waals surface area contributed by atoms with Crippen molar-refractivity contribution in [2.75, 3.05) is 6.61 Å². The molecule has 0 aromatic rings. The van der Waals surface area contributed by atoms with E-state index in [-0.39, 0.29) is 45.7 Å². The van der Waals surface area contributed by atoms with Crippen LogP contribution in [0.1, 0.15) is 132 Å². The number of carbonyl (C=O) groups excluding carboxylic acids is 1. The van der Waals surface area contributed by atoms with E-state index in [4.69, 9.17) is 14.2 Å². The van der Waals surface area contributed by atoms with Gasteiger partial charge in [-0.2, -0.15) is 0 Å². The molecule has 6 aliphatic rings. The molecule has 5 fully saturated rings. The van der Waals surface area contributed by atoms with Crippen molar-refractivity contribution in [1.82, 2.24) is 0 Å². The molecule has 13 atom stereocenters. The highest BCUT2D eigenvalue weighted by Gasteiger charge is 2.69. The van der Waals surface area contributed by atoms with E-state index in [1.54, 1.807) is 0 Å². The molecule has 1 aliphatic heterocycles. The van der Waals surface area contributed by atoms with E-state index in [1.165, 1.54) is 5.57 Å². The van der Waals surface area contributed by atoms with E-state index in [1.807, 2.05) is 6.92 Å². The lowest BCUT2D eigenvalue weighted by Crippen LogP contribution is -2.66. The minimum Gasteiger partial charge on any atom is -0.481 e. The molecule has 0 spiro atoms. The third-order valence-electron chi connectivity index (χ3n) is 15.8. The van der Waals surface area contributed by atoms with Gasteiger partial charge in [0.1, 0.15) is 18.3 Å². The number of aliphatic hydroxyl groups excluding tert-OH is 3. The summed E-state index contributed by atoms with van der Waals surface area (Å²) < 4.78 is 17.7. The van der Waals surface area contributed by atoms with Crippen molar-refractivity contribution in [1.29, 1.82) is 0 Å². The average molecular weight is 689 g/mol. The van der Waals surface area contributed by atoms with E-state index in [2.05, 4.69) is 54.5 Å². The number of rotatable bonds is 7. The first-order valence-corrected chi connectivity index (χ1v) is 19.2. The molecule has 5 aliphatic carbocycles. The Balaban J connectivity index is 1.24. The van der Waals surface area contributed by atoms with Crippen LogP contribution in [0.25, 0.3) is 0 Å². The van der Waals surface area contributed by atoms with Crippen molar-refractivity contribution in [2.45, 2.75) is 169 Å². The van der Waals surface area contributed by atoms with Gasteiger partial charge in [-0.25, -0.2) is 4.79 Å². The lowest BCUT2D eigenvalue weighted by molar-refractivity contribution is -0.324. The normalized spacial score (nSPS) is 48.6. The maximum absolute atomic E-state index is 13.0. The minimum absolute atomic E-state index is 0.0158. The molecular formula is C40H64O9. The molecule has 0 aromatic heterocycles. The van der Waals surface area contributed by atoms with Gasteiger partial charge in [0, 0.05) is 0 Å². The lowest BCUT2D eigenvalue weighted by atomic mass is 9.33. The van der Waals surface area contributed by atoms with Crippen LogP contribution in [-0.2, 0) is 23.8 Å². The second-order valence-electron chi connectivity index (χ2n) is 19.1. The van der Waals surface area contributed by atoms with Gasteiger partial charge in [-0.05, 0) is 115 Å². The smallest absolute Gasteiger partial charge is 0.338 e. The Hall–Kier alpha value is -1.52. The Morgan fingerprint density at radius 2 is 1.57 bits per heavy atom. The molecule has 1 saturated heterocycles. The van der Waals surface area contributed by atoms with Crippen LogP contribution in [0, 0.1) is 50.2 Å². The van der Waals surface area contributed by atoms with Crippen LogP contribution in [0.4, 0.5) is 0 Å². The van der Waals surface area contributed by atoms with Crippen LogP contribution in [0.5, 0.6) is 0 Å². The number of hydrogen-bond donors (Lipinski definition) is 4. The standard InChI is InChI=1S/C40H64O9/c1-9-10-21-47-32(44)31-29(42)28(41)30(43)33(49-31)48-27-14-15-37(6)25(36(27,4)5)13-16-39(8)26(37)12-11-23-24-22-35(2,3)17-19-40(24,34(45)46)20-18-38(23,39)7/h11,24-31,33,41-43H,9-10,12-22H2,1-8H3,(H,45,46). The summed E-state index contributed by atoms with van der Waals surface area (Å²) >= 11 is 0. The fourth-order valence-corrected chi connectivity index (χ4v) is 12.6. The first-order chi connectivity index (χ1) is 22.8. The topological polar surface area (TPSA) is 143 Å². The zero-order chi connectivity index (χ0) is 35.9. The van der Waals surface area contributed by atoms with E-state index >= 15 is 0 Å². The quantitative estimate of drug-likeness (QED) is 0.103. The first-order valence-electron chi connectivity index (χ1n) is 19.2. The molecule has 278 valence electrons. The number of carboxylic acids is 1. The molecule has 0 radical (unpaired) electrons. The number of esters is 1. The third-order valence-corrected chi connectivity index (χ3v) is 15.8. The summed E-state index contributed by atoms with van der Waals surface area (Å²) in [6, 6.07) is 0. The Bertz CT molecular complexity index is 1320. The lowest BCUT2D eigenvalue weighted by Gasteiger charge is -2.71. The third kappa shape index (κ3) is 5.57.